The minimum Gasteiger partial charge on any atom is -0.505 e. The van der Waals surface area contributed by atoms with Gasteiger partial charge in [0.25, 0.3) is 0 Å². The van der Waals surface area contributed by atoms with Gasteiger partial charge in [0.05, 0.1) is 26.8 Å². The number of ether oxygens (including phenoxy) is 1. The van der Waals surface area contributed by atoms with Gasteiger partial charge in [-0.1, -0.05) is 36.2 Å². The second-order valence-corrected chi connectivity index (χ2v) is 11.9. The molecular formula is C30H35Cl2N3O4. The van der Waals surface area contributed by atoms with E-state index in [4.69, 9.17) is 27.9 Å². The molecule has 1 amide bonds. The van der Waals surface area contributed by atoms with Gasteiger partial charge in [-0.15, -0.1) is 0 Å². The molecule has 0 atom stereocenters. The van der Waals surface area contributed by atoms with Crippen molar-refractivity contribution in [2.45, 2.75) is 83.9 Å². The van der Waals surface area contributed by atoms with E-state index in [2.05, 4.69) is 15.6 Å². The Kier molecular flexibility index (Phi) is 8.92. The number of ketones is 1. The zero-order chi connectivity index (χ0) is 28.3. The molecule has 9 heteroatoms. The largest absolute Gasteiger partial charge is 0.505 e. The number of halogens is 2. The predicted octanol–water partition coefficient (Wildman–Crippen LogP) is 8.14. The van der Waals surface area contributed by atoms with Crippen LogP contribution in [0.4, 0.5) is 10.5 Å². The average Bonchev–Trinajstić information content (AvgIpc) is 2.87. The van der Waals surface area contributed by atoms with Gasteiger partial charge in [0.1, 0.15) is 5.60 Å². The summed E-state index contributed by atoms with van der Waals surface area (Å²) in [6.45, 7) is 7.52. The van der Waals surface area contributed by atoms with Crippen LogP contribution in [-0.2, 0) is 4.74 Å². The number of phenolic OH excluding ortho intramolecular Hbond substituents is 1. The molecule has 0 aliphatic heterocycles. The molecule has 3 aromatic rings. The molecule has 4 rings (SSSR count). The summed E-state index contributed by atoms with van der Waals surface area (Å²) in [6, 6.07) is 9.29. The van der Waals surface area contributed by atoms with Gasteiger partial charge in [-0.05, 0) is 88.3 Å². The van der Waals surface area contributed by atoms with Crippen LogP contribution in [-0.4, -0.2) is 39.7 Å². The molecule has 0 unspecified atom stereocenters. The normalized spacial score (nSPS) is 17.6. The monoisotopic (exact) mass is 571 g/mol. The van der Waals surface area contributed by atoms with Crippen molar-refractivity contribution < 1.29 is 19.4 Å². The number of carbonyl (C=O) groups excluding carboxylic acids is 2. The SMILES string of the molecule is CCCC(=O)c1cnc2ccc(-c3cc(Cl)c(O)c(Cl)c3)cc2c1N[C@H]1CC[C@H](NC(=O)OC(C)(C)C)CC1. The number of rotatable bonds is 7. The number of pyridine rings is 1. The van der Waals surface area contributed by atoms with Crippen LogP contribution in [0.2, 0.25) is 10.0 Å². The number of aromatic nitrogens is 1. The lowest BCUT2D eigenvalue weighted by molar-refractivity contribution is 0.0492. The standard InChI is InChI=1S/C30H35Cl2N3O4/c1-5-6-26(36)22-16-33-25-12-7-17(18-14-23(31)28(37)24(32)15-18)13-21(25)27(22)34-19-8-10-20(11-9-19)35-29(38)39-30(2,3)4/h7,12-16,19-20,37H,5-6,8-11H2,1-4H3,(H,33,34)(H,35,38)/t19-,20-. The third kappa shape index (κ3) is 7.14. The van der Waals surface area contributed by atoms with E-state index >= 15 is 0 Å². The molecule has 0 spiro atoms. The summed E-state index contributed by atoms with van der Waals surface area (Å²) in [4.78, 5) is 29.9. The summed E-state index contributed by atoms with van der Waals surface area (Å²) in [7, 11) is 0. The van der Waals surface area contributed by atoms with Gasteiger partial charge in [-0.2, -0.15) is 0 Å². The number of anilines is 1. The van der Waals surface area contributed by atoms with E-state index in [1.807, 2.05) is 45.9 Å². The number of nitrogens with zero attached hydrogens (tertiary/aromatic N) is 1. The Morgan fingerprint density at radius 1 is 1.03 bits per heavy atom. The Bertz CT molecular complexity index is 1360. The molecule has 7 nitrogen and oxygen atoms in total. The number of aromatic hydroxyl groups is 1. The van der Waals surface area contributed by atoms with E-state index in [0.717, 1.165) is 59.8 Å². The molecule has 0 saturated heterocycles. The fourth-order valence-corrected chi connectivity index (χ4v) is 5.38. The van der Waals surface area contributed by atoms with Crippen LogP contribution in [0.3, 0.4) is 0 Å². The molecule has 1 saturated carbocycles. The molecule has 208 valence electrons. The van der Waals surface area contributed by atoms with E-state index in [0.29, 0.717) is 12.0 Å². The lowest BCUT2D eigenvalue weighted by atomic mass is 9.90. The third-order valence-electron chi connectivity index (χ3n) is 6.79. The van der Waals surface area contributed by atoms with Crippen LogP contribution < -0.4 is 10.6 Å². The molecule has 1 heterocycles. The highest BCUT2D eigenvalue weighted by atomic mass is 35.5. The minimum absolute atomic E-state index is 0.0378. The number of phenols is 1. The van der Waals surface area contributed by atoms with Crippen LogP contribution in [0.15, 0.2) is 36.5 Å². The molecule has 0 bridgehead atoms. The molecule has 1 aliphatic carbocycles. The van der Waals surface area contributed by atoms with Crippen LogP contribution in [0.5, 0.6) is 5.75 Å². The molecule has 3 N–H and O–H groups in total. The quantitative estimate of drug-likeness (QED) is 0.247. The first-order valence-electron chi connectivity index (χ1n) is 13.4. The van der Waals surface area contributed by atoms with Crippen LogP contribution in [0.1, 0.15) is 76.6 Å². The zero-order valence-electron chi connectivity index (χ0n) is 22.7. The Labute approximate surface area is 239 Å². The van der Waals surface area contributed by atoms with Crippen molar-refractivity contribution >= 4 is 51.7 Å². The fraction of sp³-hybridized carbons (Fsp3) is 0.433. The first-order valence-corrected chi connectivity index (χ1v) is 14.1. The van der Waals surface area contributed by atoms with Gasteiger partial charge in [-0.3, -0.25) is 9.78 Å². The molecule has 2 aromatic carbocycles. The number of alkyl carbamates (subject to hydrolysis) is 1. The highest BCUT2D eigenvalue weighted by Gasteiger charge is 2.26. The maximum absolute atomic E-state index is 13.1. The number of hydrogen-bond acceptors (Lipinski definition) is 6. The second kappa shape index (κ2) is 12.0. The topological polar surface area (TPSA) is 101 Å². The number of Topliss-reactive ketones (excluding diaryl/α,β-unsaturated/α-hetero) is 1. The van der Waals surface area contributed by atoms with E-state index in [1.165, 1.54) is 0 Å². The molecule has 39 heavy (non-hydrogen) atoms. The van der Waals surface area contributed by atoms with E-state index in [9.17, 15) is 14.7 Å². The lowest BCUT2D eigenvalue weighted by Crippen LogP contribution is -2.42. The first-order chi connectivity index (χ1) is 18.4. The minimum atomic E-state index is -0.539. The maximum atomic E-state index is 13.1. The number of benzene rings is 2. The van der Waals surface area contributed by atoms with Crippen LogP contribution in [0, 0.1) is 0 Å². The Morgan fingerprint density at radius 3 is 2.28 bits per heavy atom. The van der Waals surface area contributed by atoms with Gasteiger partial charge in [0.15, 0.2) is 11.5 Å². The molecule has 0 radical (unpaired) electrons. The molecular weight excluding hydrogens is 537 g/mol. The van der Waals surface area contributed by atoms with E-state index < -0.39 is 11.7 Å². The summed E-state index contributed by atoms with van der Waals surface area (Å²) < 4.78 is 5.40. The highest BCUT2D eigenvalue weighted by molar-refractivity contribution is 6.37. The number of carbonyl (C=O) groups is 2. The average molecular weight is 573 g/mol. The third-order valence-corrected chi connectivity index (χ3v) is 7.37. The van der Waals surface area contributed by atoms with Gasteiger partial charge in [0, 0.05) is 30.1 Å². The van der Waals surface area contributed by atoms with Crippen molar-refractivity contribution in [3.05, 3.63) is 52.1 Å². The van der Waals surface area contributed by atoms with Crippen LogP contribution >= 0.6 is 23.2 Å². The Hall–Kier alpha value is -3.03. The Balaban J connectivity index is 1.62. The number of fused-ring (bicyclic) bond motifs is 1. The van der Waals surface area contributed by atoms with Gasteiger partial charge in [0.2, 0.25) is 0 Å². The summed E-state index contributed by atoms with van der Waals surface area (Å²) in [5.41, 5.74) is 3.13. The van der Waals surface area contributed by atoms with Crippen molar-refractivity contribution in [1.82, 2.24) is 10.3 Å². The summed E-state index contributed by atoms with van der Waals surface area (Å²) >= 11 is 12.4. The van der Waals surface area contributed by atoms with E-state index in [1.54, 1.807) is 18.3 Å². The first kappa shape index (κ1) is 29.0. The van der Waals surface area contributed by atoms with Crippen molar-refractivity contribution in [2.75, 3.05) is 5.32 Å². The van der Waals surface area contributed by atoms with Gasteiger partial charge in [-0.25, -0.2) is 4.79 Å². The van der Waals surface area contributed by atoms with Gasteiger partial charge >= 0.3 is 6.09 Å². The molecule has 1 aliphatic rings. The van der Waals surface area contributed by atoms with Crippen LogP contribution in [0.25, 0.3) is 22.0 Å². The zero-order valence-corrected chi connectivity index (χ0v) is 24.2. The Morgan fingerprint density at radius 2 is 1.67 bits per heavy atom. The van der Waals surface area contributed by atoms with Gasteiger partial charge < -0.3 is 20.5 Å². The summed E-state index contributed by atoms with van der Waals surface area (Å²) in [6.07, 6.45) is 5.69. The number of hydrogen-bond donors (Lipinski definition) is 3. The highest BCUT2D eigenvalue weighted by Crippen LogP contribution is 2.38. The summed E-state index contributed by atoms with van der Waals surface area (Å²) in [5.74, 6) is -0.119. The van der Waals surface area contributed by atoms with E-state index in [-0.39, 0.29) is 33.7 Å². The number of nitrogens with one attached hydrogen (secondary N) is 2. The van der Waals surface area contributed by atoms with Crippen molar-refractivity contribution in [2.24, 2.45) is 0 Å². The number of amides is 1. The maximum Gasteiger partial charge on any atom is 0.407 e. The van der Waals surface area contributed by atoms with Crippen molar-refractivity contribution in [1.29, 1.82) is 0 Å². The summed E-state index contributed by atoms with van der Waals surface area (Å²) in [5, 5.41) is 17.8. The molecule has 1 fully saturated rings. The lowest BCUT2D eigenvalue weighted by Gasteiger charge is -2.31. The van der Waals surface area contributed by atoms with Crippen molar-refractivity contribution in [3.63, 3.8) is 0 Å². The fourth-order valence-electron chi connectivity index (χ4n) is 4.89. The second-order valence-electron chi connectivity index (χ2n) is 11.1. The van der Waals surface area contributed by atoms with Crippen molar-refractivity contribution in [3.8, 4) is 16.9 Å². The smallest absolute Gasteiger partial charge is 0.407 e. The molecule has 1 aromatic heterocycles. The predicted molar refractivity (Wildman–Crippen MR) is 157 cm³/mol.